The highest BCUT2D eigenvalue weighted by molar-refractivity contribution is 7.17. The maximum absolute atomic E-state index is 11.4. The highest BCUT2D eigenvalue weighted by Gasteiger charge is 2.42. The summed E-state index contributed by atoms with van der Waals surface area (Å²) >= 11 is 1.75. The monoisotopic (exact) mass is 246 g/mol. The molecule has 88 valence electrons. The smallest absolute Gasteiger partial charge is 0.130 e. The molecule has 1 saturated heterocycles. The third-order valence-electron chi connectivity index (χ3n) is 3.40. The van der Waals surface area contributed by atoms with Gasteiger partial charge in [-0.25, -0.2) is 0 Å². The number of thiophene rings is 1. The average molecular weight is 246 g/mol. The van der Waals surface area contributed by atoms with E-state index in [1.54, 1.807) is 18.3 Å². The van der Waals surface area contributed by atoms with Crippen molar-refractivity contribution in [1.82, 2.24) is 0 Å². The minimum absolute atomic E-state index is 0.0641. The zero-order chi connectivity index (χ0) is 11.9. The summed E-state index contributed by atoms with van der Waals surface area (Å²) in [6.45, 7) is 3.01. The summed E-state index contributed by atoms with van der Waals surface area (Å²) in [5.41, 5.74) is 1.23. The number of hydrogen-bond acceptors (Lipinski definition) is 3. The first kappa shape index (κ1) is 10.9. The fraction of sp³-hybridized carbons (Fsp3) is 0.357. The van der Waals surface area contributed by atoms with E-state index in [1.165, 1.54) is 15.6 Å². The van der Waals surface area contributed by atoms with Crippen LogP contribution in [0.25, 0.3) is 10.1 Å². The van der Waals surface area contributed by atoms with Crippen LogP contribution in [0.3, 0.4) is 0 Å². The molecule has 1 aliphatic heterocycles. The van der Waals surface area contributed by atoms with E-state index < -0.39 is 0 Å². The van der Waals surface area contributed by atoms with Gasteiger partial charge in [0.2, 0.25) is 0 Å². The van der Waals surface area contributed by atoms with Crippen molar-refractivity contribution in [1.29, 1.82) is 0 Å². The van der Waals surface area contributed by atoms with Crippen molar-refractivity contribution < 1.29 is 9.53 Å². The van der Waals surface area contributed by atoms with Crippen LogP contribution in [-0.2, 0) is 14.9 Å². The Balaban J connectivity index is 2.10. The van der Waals surface area contributed by atoms with Gasteiger partial charge >= 0.3 is 0 Å². The van der Waals surface area contributed by atoms with E-state index in [1.807, 2.05) is 0 Å². The van der Waals surface area contributed by atoms with Gasteiger partial charge in [-0.15, -0.1) is 11.3 Å². The lowest BCUT2D eigenvalue weighted by Crippen LogP contribution is -2.47. The van der Waals surface area contributed by atoms with Crippen molar-refractivity contribution in [2.75, 3.05) is 13.2 Å². The molecule has 17 heavy (non-hydrogen) atoms. The first-order valence-corrected chi connectivity index (χ1v) is 6.63. The van der Waals surface area contributed by atoms with E-state index in [4.69, 9.17) is 4.74 Å². The second-order valence-electron chi connectivity index (χ2n) is 4.80. The fourth-order valence-electron chi connectivity index (χ4n) is 2.57. The lowest BCUT2D eigenvalue weighted by atomic mass is 9.75. The number of Topliss-reactive ketones (excluding diaryl/α,β-unsaturated/α-hetero) is 1. The first-order chi connectivity index (χ1) is 8.21. The SMILES string of the molecule is CC(=O)CC1(c2csc3ccccc23)COC1. The number of rotatable bonds is 3. The van der Waals surface area contributed by atoms with Gasteiger partial charge in [0.05, 0.1) is 18.6 Å². The van der Waals surface area contributed by atoms with E-state index in [9.17, 15) is 4.79 Å². The molecule has 3 rings (SSSR count). The maximum atomic E-state index is 11.4. The molecule has 1 fully saturated rings. The second-order valence-corrected chi connectivity index (χ2v) is 5.71. The molecule has 1 aromatic heterocycles. The zero-order valence-electron chi connectivity index (χ0n) is 9.73. The largest absolute Gasteiger partial charge is 0.379 e. The molecule has 0 bridgehead atoms. The molecule has 0 spiro atoms. The zero-order valence-corrected chi connectivity index (χ0v) is 10.5. The number of ketones is 1. The van der Waals surface area contributed by atoms with Crippen LogP contribution in [0.15, 0.2) is 29.6 Å². The highest BCUT2D eigenvalue weighted by Crippen LogP contribution is 2.42. The van der Waals surface area contributed by atoms with Gasteiger partial charge in [-0.05, 0) is 29.3 Å². The van der Waals surface area contributed by atoms with Crippen LogP contribution in [0.1, 0.15) is 18.9 Å². The number of carbonyl (C=O) groups excluding carboxylic acids is 1. The fourth-order valence-corrected chi connectivity index (χ4v) is 3.65. The van der Waals surface area contributed by atoms with Crippen molar-refractivity contribution in [2.24, 2.45) is 0 Å². The van der Waals surface area contributed by atoms with Crippen LogP contribution in [0.2, 0.25) is 0 Å². The topological polar surface area (TPSA) is 26.3 Å². The third-order valence-corrected chi connectivity index (χ3v) is 4.36. The van der Waals surface area contributed by atoms with E-state index in [2.05, 4.69) is 29.6 Å². The average Bonchev–Trinajstić information content (AvgIpc) is 2.67. The number of hydrogen-bond donors (Lipinski definition) is 0. The van der Waals surface area contributed by atoms with E-state index >= 15 is 0 Å². The molecule has 0 N–H and O–H groups in total. The van der Waals surface area contributed by atoms with Gasteiger partial charge in [0.25, 0.3) is 0 Å². The molecular formula is C14H14O2S. The first-order valence-electron chi connectivity index (χ1n) is 5.75. The Kier molecular flexibility index (Phi) is 2.53. The van der Waals surface area contributed by atoms with Crippen molar-refractivity contribution in [3.05, 3.63) is 35.2 Å². The van der Waals surface area contributed by atoms with E-state index in [0.29, 0.717) is 19.6 Å². The molecule has 0 unspecified atom stereocenters. The second kappa shape index (κ2) is 3.93. The molecular weight excluding hydrogens is 232 g/mol. The summed E-state index contributed by atoms with van der Waals surface area (Å²) in [6, 6.07) is 8.38. The van der Waals surface area contributed by atoms with Crippen molar-refractivity contribution in [2.45, 2.75) is 18.8 Å². The molecule has 0 radical (unpaired) electrons. The van der Waals surface area contributed by atoms with Crippen LogP contribution in [0.5, 0.6) is 0 Å². The summed E-state index contributed by atoms with van der Waals surface area (Å²) in [4.78, 5) is 11.4. The molecule has 0 aliphatic carbocycles. The van der Waals surface area contributed by atoms with Crippen LogP contribution in [-0.4, -0.2) is 19.0 Å². The quantitative estimate of drug-likeness (QED) is 0.831. The maximum Gasteiger partial charge on any atom is 0.130 e. The van der Waals surface area contributed by atoms with Gasteiger partial charge < -0.3 is 4.74 Å². The Morgan fingerprint density at radius 1 is 1.41 bits per heavy atom. The van der Waals surface area contributed by atoms with Crippen LogP contribution in [0.4, 0.5) is 0 Å². The normalized spacial score (nSPS) is 17.9. The summed E-state index contributed by atoms with van der Waals surface area (Å²) in [5.74, 6) is 0.239. The minimum atomic E-state index is -0.0641. The molecule has 1 aromatic carbocycles. The Hall–Kier alpha value is -1.19. The van der Waals surface area contributed by atoms with Gasteiger partial charge in [0, 0.05) is 11.1 Å². The molecule has 2 heterocycles. The molecule has 0 saturated carbocycles. The van der Waals surface area contributed by atoms with Gasteiger partial charge in [-0.1, -0.05) is 18.2 Å². The van der Waals surface area contributed by atoms with Gasteiger partial charge in [0.1, 0.15) is 5.78 Å². The highest BCUT2D eigenvalue weighted by atomic mass is 32.1. The predicted molar refractivity (Wildman–Crippen MR) is 69.6 cm³/mol. The van der Waals surface area contributed by atoms with E-state index in [-0.39, 0.29) is 11.2 Å². The number of fused-ring (bicyclic) bond motifs is 1. The number of ether oxygens (including phenoxy) is 1. The lowest BCUT2D eigenvalue weighted by molar-refractivity contribution is -0.125. The van der Waals surface area contributed by atoms with Gasteiger partial charge in [0.15, 0.2) is 0 Å². The summed E-state index contributed by atoms with van der Waals surface area (Å²) in [7, 11) is 0. The van der Waals surface area contributed by atoms with Crippen molar-refractivity contribution in [3.8, 4) is 0 Å². The lowest BCUT2D eigenvalue weighted by Gasteiger charge is -2.41. The molecule has 3 heteroatoms. The minimum Gasteiger partial charge on any atom is -0.379 e. The number of benzene rings is 1. The molecule has 2 nitrogen and oxygen atoms in total. The van der Waals surface area contributed by atoms with Gasteiger partial charge in [-0.3, -0.25) is 4.79 Å². The van der Waals surface area contributed by atoms with Crippen molar-refractivity contribution in [3.63, 3.8) is 0 Å². The van der Waals surface area contributed by atoms with Crippen LogP contribution in [0, 0.1) is 0 Å². The molecule has 0 amide bonds. The summed E-state index contributed by atoms with van der Waals surface area (Å²) in [5, 5.41) is 3.47. The Bertz CT molecular complexity index is 566. The van der Waals surface area contributed by atoms with Gasteiger partial charge in [-0.2, -0.15) is 0 Å². The molecule has 2 aromatic rings. The van der Waals surface area contributed by atoms with E-state index in [0.717, 1.165) is 0 Å². The number of carbonyl (C=O) groups is 1. The third kappa shape index (κ3) is 1.70. The summed E-state index contributed by atoms with van der Waals surface area (Å²) in [6.07, 6.45) is 0.591. The Morgan fingerprint density at radius 2 is 2.18 bits per heavy atom. The Labute approximate surface area is 104 Å². The molecule has 0 atom stereocenters. The van der Waals surface area contributed by atoms with Crippen molar-refractivity contribution >= 4 is 27.2 Å². The standard InChI is InChI=1S/C14H14O2S/c1-10(15)6-14(8-16-9-14)12-7-17-13-5-3-2-4-11(12)13/h2-5,7H,6,8-9H2,1H3. The predicted octanol–water partition coefficient (Wildman–Crippen LogP) is 3.15. The summed E-state index contributed by atoms with van der Waals surface area (Å²) < 4.78 is 6.65. The Morgan fingerprint density at radius 3 is 2.82 bits per heavy atom. The van der Waals surface area contributed by atoms with Crippen LogP contribution >= 0.6 is 11.3 Å². The molecule has 1 aliphatic rings. The van der Waals surface area contributed by atoms with Crippen LogP contribution < -0.4 is 0 Å².